The first kappa shape index (κ1) is 53.6. The van der Waals surface area contributed by atoms with Gasteiger partial charge in [0, 0.05) is 18.7 Å². The van der Waals surface area contributed by atoms with Gasteiger partial charge in [0.05, 0.1) is 10.6 Å². The van der Waals surface area contributed by atoms with Crippen molar-refractivity contribution in [3.05, 3.63) is 58.1 Å². The molecule has 0 saturated heterocycles. The van der Waals surface area contributed by atoms with E-state index in [2.05, 4.69) is 52.2 Å². The van der Waals surface area contributed by atoms with E-state index in [9.17, 15) is 48.8 Å². The Labute approximate surface area is 386 Å². The van der Waals surface area contributed by atoms with E-state index in [1.807, 2.05) is 26.6 Å². The van der Waals surface area contributed by atoms with Gasteiger partial charge in [-0.05, 0) is 28.9 Å². The predicted octanol–water partition coefficient (Wildman–Crippen LogP) is -9.72. The van der Waals surface area contributed by atoms with Crippen molar-refractivity contribution in [2.24, 2.45) is 34.4 Å². The highest BCUT2D eigenvalue weighted by atomic mass is 16.6. The number of aliphatic hydroxyl groups is 1. The van der Waals surface area contributed by atoms with Crippen LogP contribution in [0.1, 0.15) is 18.5 Å². The Hall–Kier alpha value is -9.71. The first-order chi connectivity index (χ1) is 32.4. The molecule has 1 heterocycles. The maximum Gasteiger partial charge on any atom is 0.300 e. The number of non-ortho nitro benzene ring substituents is 1. The number of fused-ring (bicyclic) bond motifs is 1. The van der Waals surface area contributed by atoms with Crippen LogP contribution in [0, 0.1) is 31.8 Å². The summed E-state index contributed by atoms with van der Waals surface area (Å²) in [5, 5.41) is 86.2. The average molecular weight is 972 g/mol. The van der Waals surface area contributed by atoms with Crippen molar-refractivity contribution in [3.63, 3.8) is 0 Å². The van der Waals surface area contributed by atoms with Gasteiger partial charge in [-0.3, -0.25) is 70.6 Å². The van der Waals surface area contributed by atoms with Crippen LogP contribution in [0.5, 0.6) is 0 Å². The Morgan fingerprint density at radius 2 is 1.07 bits per heavy atom. The van der Waals surface area contributed by atoms with Crippen LogP contribution in [-0.4, -0.2) is 135 Å². The zero-order chi connectivity index (χ0) is 51.7. The molecule has 0 fully saturated rings. The topological polar surface area (TPSA) is 618 Å². The van der Waals surface area contributed by atoms with E-state index in [4.69, 9.17) is 56.0 Å². The molecule has 3 aromatic rings. The molecule has 1 aromatic heterocycles. The number of nitrogens with one attached hydrogen (secondary N) is 16. The van der Waals surface area contributed by atoms with Gasteiger partial charge in [-0.2, -0.15) is 0 Å². The lowest BCUT2D eigenvalue weighted by Gasteiger charge is -2.28. The summed E-state index contributed by atoms with van der Waals surface area (Å²) in [4.78, 5) is 103. The second-order valence-corrected chi connectivity index (χ2v) is 13.9. The number of primary amides is 1. The van der Waals surface area contributed by atoms with Crippen LogP contribution >= 0.6 is 0 Å². The largest absolute Gasteiger partial charge is 0.382 e. The third kappa shape index (κ3) is 16.3. The monoisotopic (exact) mass is 971 g/mol. The molecular formula is C33H49N25O11. The lowest BCUT2D eigenvalue weighted by atomic mass is 10.1. The van der Waals surface area contributed by atoms with Crippen molar-refractivity contribution in [1.29, 1.82) is 21.6 Å². The lowest BCUT2D eigenvalue weighted by molar-refractivity contribution is -0.383. The van der Waals surface area contributed by atoms with Crippen molar-refractivity contribution in [2.45, 2.75) is 56.1 Å². The Balaban J connectivity index is 1.79. The molecule has 0 bridgehead atoms. The molecule has 372 valence electrons. The number of aliphatic hydroxyl groups excluding tert-OH is 1. The van der Waals surface area contributed by atoms with E-state index >= 15 is 0 Å². The Bertz CT molecular complexity index is 2450. The number of aromatic nitrogens is 2. The number of rotatable bonds is 24. The molecule has 0 aliphatic rings. The minimum atomic E-state index is -2.16. The number of nitrogens with zero attached hydrogens (tertiary/aromatic N) is 3. The molecule has 69 heavy (non-hydrogen) atoms. The normalized spacial score (nSPS) is 14.1. The number of carbonyl (C=O) groups is 7. The van der Waals surface area contributed by atoms with E-state index in [1.165, 1.54) is 36.4 Å². The van der Waals surface area contributed by atoms with Crippen molar-refractivity contribution in [3.8, 4) is 0 Å². The summed E-state index contributed by atoms with van der Waals surface area (Å²) in [6.45, 7) is 1.54. The smallest absolute Gasteiger partial charge is 0.300 e. The maximum atomic E-state index is 13.9. The van der Waals surface area contributed by atoms with Crippen molar-refractivity contribution in [1.82, 2.24) is 68.8 Å². The summed E-state index contributed by atoms with van der Waals surface area (Å²) < 4.78 is 4.64. The van der Waals surface area contributed by atoms with E-state index in [-0.39, 0.29) is 34.5 Å². The predicted molar refractivity (Wildman–Crippen MR) is 236 cm³/mol. The number of nitrogens with two attached hydrogens (primary N) is 6. The number of hydrogen-bond acceptors (Lipinski definition) is 20. The fourth-order valence-electron chi connectivity index (χ4n) is 5.48. The van der Waals surface area contributed by atoms with Gasteiger partial charge in [-0.25, -0.2) is 4.63 Å². The summed E-state index contributed by atoms with van der Waals surface area (Å²) in [6, 6.07) is 7.45. The molecule has 0 saturated carbocycles. The van der Waals surface area contributed by atoms with Gasteiger partial charge in [0.15, 0.2) is 66.4 Å². The number of guanidine groups is 4. The highest BCUT2D eigenvalue weighted by Crippen LogP contribution is 2.28. The molecule has 8 unspecified atom stereocenters. The molecule has 0 spiro atoms. The molecule has 36 nitrogen and oxygen atoms in total. The first-order valence-electron chi connectivity index (χ1n) is 19.3. The van der Waals surface area contributed by atoms with Gasteiger partial charge in [-0.15, -0.1) is 0 Å². The molecule has 0 aliphatic carbocycles. The molecule has 2 aromatic carbocycles. The minimum absolute atomic E-state index is 0.00806. The zero-order valence-electron chi connectivity index (χ0n) is 35.7. The highest BCUT2D eigenvalue weighted by molar-refractivity contribution is 6.00. The standard InChI is InChI=1S/C33H49N25O11/c1-10(9-44-12-7-8-13(58(67)68)16-15(12)56-69-57-16)45-28(65)29(66)46-14(11-5-3-2-4-6-11)23(60)48-20(53-31(38)39)25(62)50-22(55-33(42)43)27(64)51-21(54-32(40)41)26(63)49-19(52-30(36)37)24(61)47-17(34)18(35)59/h2-8,10,14,17,19-22,28,44-45,65H,9,34H2,1H3,(H2,35,59)(H,46,66)(H,47,61)(H,48,60)(H,49,63)(H,50,62)(H,51,64)(H4,36,37,52)(H4,38,39,53)(H4,40,41,54)(H4,42,43,55). The van der Waals surface area contributed by atoms with Crippen LogP contribution in [-0.2, 0) is 33.6 Å². The summed E-state index contributed by atoms with van der Waals surface area (Å²) in [6.07, 6.45) is -12.1. The zero-order valence-corrected chi connectivity index (χ0v) is 35.7. The van der Waals surface area contributed by atoms with E-state index < -0.39 is 119 Å². The third-order valence-electron chi connectivity index (χ3n) is 8.56. The Kier molecular flexibility index (Phi) is 19.1. The van der Waals surface area contributed by atoms with Crippen molar-refractivity contribution >= 4 is 87.6 Å². The number of carbonyl (C=O) groups excluding carboxylic acids is 7. The molecule has 29 N–H and O–H groups in total. The van der Waals surface area contributed by atoms with E-state index in [0.717, 1.165) is 0 Å². The summed E-state index contributed by atoms with van der Waals surface area (Å²) in [5.41, 5.74) is 31.9. The SMILES string of the molecule is CC(CNc1ccc([N+](=O)[O-])c2nonc12)NC(O)C(=O)NC(C(=O)NC(NC(=N)N)C(=O)NC(NC(=N)N)C(=O)NC(NC(=N)N)C(=O)NC(NC(=N)N)C(=O)NC(N)C(N)=O)c1ccccc1. The molecule has 36 heteroatoms. The van der Waals surface area contributed by atoms with Crippen LogP contribution in [0.25, 0.3) is 11.0 Å². The number of nitro groups is 1. The molecular weight excluding hydrogens is 923 g/mol. The number of nitro benzene ring substituents is 1. The highest BCUT2D eigenvalue weighted by Gasteiger charge is 2.35. The number of amides is 7. The van der Waals surface area contributed by atoms with Gasteiger partial charge < -0.3 is 98.0 Å². The maximum absolute atomic E-state index is 13.9. The van der Waals surface area contributed by atoms with E-state index in [0.29, 0.717) is 0 Å². The molecule has 3 rings (SSSR count). The lowest BCUT2D eigenvalue weighted by Crippen LogP contribution is -2.69. The Morgan fingerprint density at radius 1 is 0.638 bits per heavy atom. The summed E-state index contributed by atoms with van der Waals surface area (Å²) >= 11 is 0. The fourth-order valence-corrected chi connectivity index (χ4v) is 5.48. The van der Waals surface area contributed by atoms with Crippen LogP contribution in [0.4, 0.5) is 11.4 Å². The number of benzene rings is 2. The van der Waals surface area contributed by atoms with Crippen LogP contribution in [0.15, 0.2) is 47.1 Å². The van der Waals surface area contributed by atoms with Crippen LogP contribution in [0.3, 0.4) is 0 Å². The molecule has 8 atom stereocenters. The van der Waals surface area contributed by atoms with Gasteiger partial charge in [0.25, 0.3) is 35.4 Å². The second-order valence-electron chi connectivity index (χ2n) is 13.9. The van der Waals surface area contributed by atoms with Gasteiger partial charge in [-0.1, -0.05) is 30.3 Å². The third-order valence-corrected chi connectivity index (χ3v) is 8.56. The number of anilines is 1. The fraction of sp³-hybridized carbons (Fsp3) is 0.303. The summed E-state index contributed by atoms with van der Waals surface area (Å²) in [5.74, 6) is -12.8. The van der Waals surface area contributed by atoms with Gasteiger partial charge in [0.1, 0.15) is 6.04 Å². The van der Waals surface area contributed by atoms with Gasteiger partial charge >= 0.3 is 5.69 Å². The molecule has 7 amide bonds. The average Bonchev–Trinajstić information content (AvgIpc) is 3.76. The quantitative estimate of drug-likeness (QED) is 0.0130. The second kappa shape index (κ2) is 24.5. The number of hydrogen-bond donors (Lipinski definition) is 23. The molecule has 0 radical (unpaired) electrons. The van der Waals surface area contributed by atoms with Crippen molar-refractivity contribution in [2.75, 3.05) is 11.9 Å². The van der Waals surface area contributed by atoms with Crippen LogP contribution < -0.4 is 98.2 Å². The summed E-state index contributed by atoms with van der Waals surface area (Å²) in [7, 11) is 0. The van der Waals surface area contributed by atoms with Crippen LogP contribution in [0.2, 0.25) is 0 Å². The van der Waals surface area contributed by atoms with Gasteiger partial charge in [0.2, 0.25) is 11.4 Å². The first-order valence-corrected chi connectivity index (χ1v) is 19.3. The Morgan fingerprint density at radius 3 is 1.51 bits per heavy atom. The molecule has 0 aliphatic heterocycles. The van der Waals surface area contributed by atoms with Crippen molar-refractivity contribution < 1.29 is 48.2 Å². The van der Waals surface area contributed by atoms with E-state index in [1.54, 1.807) is 13.0 Å². The minimum Gasteiger partial charge on any atom is -0.382 e.